The van der Waals surface area contributed by atoms with Crippen LogP contribution in [0.1, 0.15) is 5.56 Å². The average Bonchev–Trinajstić information content (AvgIpc) is 3.85. The summed E-state index contributed by atoms with van der Waals surface area (Å²) in [6, 6.07) is 57.0. The van der Waals surface area contributed by atoms with E-state index in [0.717, 1.165) is 39.4 Å². The molecule has 10 aromatic rings. The second kappa shape index (κ2) is 11.4. The van der Waals surface area contributed by atoms with E-state index in [-0.39, 0.29) is 0 Å². The highest BCUT2D eigenvalue weighted by Gasteiger charge is 2.22. The van der Waals surface area contributed by atoms with Crippen LogP contribution in [0.2, 0.25) is 0 Å². The zero-order valence-electron chi connectivity index (χ0n) is 28.4. The predicted octanol–water partition coefficient (Wildman–Crippen LogP) is 12.0. The lowest BCUT2D eigenvalue weighted by atomic mass is 10.1. The summed E-state index contributed by atoms with van der Waals surface area (Å²) in [5, 5.41) is 7.46. The van der Waals surface area contributed by atoms with E-state index in [2.05, 4.69) is 190 Å². The van der Waals surface area contributed by atoms with Gasteiger partial charge in [-0.05, 0) is 67.1 Å². The van der Waals surface area contributed by atoms with Crippen LogP contribution in [0.25, 0.3) is 82.5 Å². The van der Waals surface area contributed by atoms with Crippen molar-refractivity contribution >= 4 is 71.1 Å². The fourth-order valence-electron chi connectivity index (χ4n) is 8.60. The second-order valence-electron chi connectivity index (χ2n) is 13.6. The number of rotatable bonds is 3. The lowest BCUT2D eigenvalue weighted by Gasteiger charge is -2.20. The van der Waals surface area contributed by atoms with Gasteiger partial charge in [-0.3, -0.25) is 0 Å². The number of nitrogens with zero attached hydrogens (tertiary/aromatic N) is 3. The number of fused-ring (bicyclic) bond motifs is 10. The molecule has 246 valence electrons. The summed E-state index contributed by atoms with van der Waals surface area (Å²) in [7, 11) is 0. The number of benzene rings is 7. The molecule has 4 nitrogen and oxygen atoms in total. The molecule has 0 unspecified atom stereocenters. The van der Waals surface area contributed by atoms with Gasteiger partial charge in [0.1, 0.15) is 12.4 Å². The molecular formula is C48H33N3O. The van der Waals surface area contributed by atoms with E-state index >= 15 is 0 Å². The first-order valence-electron chi connectivity index (χ1n) is 18.0. The first-order valence-corrected chi connectivity index (χ1v) is 18.0. The molecule has 4 heteroatoms. The molecule has 0 radical (unpaired) electrons. The van der Waals surface area contributed by atoms with Crippen LogP contribution >= 0.6 is 0 Å². The van der Waals surface area contributed by atoms with Crippen LogP contribution in [-0.2, 0) is 6.42 Å². The van der Waals surface area contributed by atoms with Gasteiger partial charge in [-0.15, -0.1) is 0 Å². The largest absolute Gasteiger partial charge is 0.487 e. The number of hydrogen-bond donors (Lipinski definition) is 0. The Bertz CT molecular complexity index is 2950. The molecule has 0 bridgehead atoms. The zero-order valence-corrected chi connectivity index (χ0v) is 28.4. The fraction of sp³-hybridized carbons (Fsp3) is 0.0417. The van der Waals surface area contributed by atoms with Crippen molar-refractivity contribution in [2.45, 2.75) is 6.42 Å². The van der Waals surface area contributed by atoms with Gasteiger partial charge in [0.25, 0.3) is 0 Å². The third kappa shape index (κ3) is 4.21. The van der Waals surface area contributed by atoms with Gasteiger partial charge in [0.2, 0.25) is 0 Å². The van der Waals surface area contributed by atoms with Gasteiger partial charge in [0, 0.05) is 49.3 Å². The molecule has 4 heterocycles. The number of para-hydroxylation sites is 6. The number of allylic oxidation sites excluding steroid dienone is 3. The Morgan fingerprint density at radius 1 is 0.423 bits per heavy atom. The smallest absolute Gasteiger partial charge is 0.147 e. The van der Waals surface area contributed by atoms with E-state index in [1.165, 1.54) is 54.4 Å². The molecule has 11 rings (SSSR count). The number of hydrogen-bond acceptors (Lipinski definition) is 1. The summed E-state index contributed by atoms with van der Waals surface area (Å²) in [6.07, 6.45) is 7.43. The number of ether oxygens (including phenoxy) is 1. The fourth-order valence-corrected chi connectivity index (χ4v) is 8.60. The normalized spacial score (nSPS) is 15.0. The molecule has 0 amide bonds. The Morgan fingerprint density at radius 2 is 0.827 bits per heavy atom. The van der Waals surface area contributed by atoms with Crippen molar-refractivity contribution in [2.24, 2.45) is 0 Å². The maximum absolute atomic E-state index is 6.89. The van der Waals surface area contributed by atoms with Crippen molar-refractivity contribution in [3.8, 4) is 17.1 Å². The van der Waals surface area contributed by atoms with Crippen LogP contribution < -0.4 is 4.74 Å². The summed E-state index contributed by atoms with van der Waals surface area (Å²) in [4.78, 5) is 0. The topological polar surface area (TPSA) is 24.0 Å². The van der Waals surface area contributed by atoms with Crippen LogP contribution in [0.3, 0.4) is 0 Å². The van der Waals surface area contributed by atoms with E-state index < -0.39 is 0 Å². The van der Waals surface area contributed by atoms with Crippen molar-refractivity contribution in [3.05, 3.63) is 182 Å². The highest BCUT2D eigenvalue weighted by molar-refractivity contribution is 6.12. The van der Waals surface area contributed by atoms with E-state index in [0.29, 0.717) is 13.0 Å². The van der Waals surface area contributed by atoms with Gasteiger partial charge in [0.05, 0.1) is 38.8 Å². The molecule has 0 saturated heterocycles. The van der Waals surface area contributed by atoms with Gasteiger partial charge >= 0.3 is 0 Å². The summed E-state index contributed by atoms with van der Waals surface area (Å²) >= 11 is 0. The molecule has 7 aromatic carbocycles. The van der Waals surface area contributed by atoms with Crippen molar-refractivity contribution in [1.29, 1.82) is 0 Å². The summed E-state index contributed by atoms with van der Waals surface area (Å²) in [5.41, 5.74) is 11.5. The van der Waals surface area contributed by atoms with Gasteiger partial charge in [-0.25, -0.2) is 0 Å². The SMILES string of the molecule is C1=C\C(n2c3ccccc3c3ccccc32)=C/Cc2cc(-n3c4ccccc4c4ccccc43)cc(-n3c4ccccc4c4ccccc43)c2OC/1. The van der Waals surface area contributed by atoms with Crippen molar-refractivity contribution < 1.29 is 4.74 Å². The predicted molar refractivity (Wildman–Crippen MR) is 217 cm³/mol. The monoisotopic (exact) mass is 667 g/mol. The third-order valence-electron chi connectivity index (χ3n) is 10.8. The first-order chi connectivity index (χ1) is 25.8. The lowest BCUT2D eigenvalue weighted by molar-refractivity contribution is 0.359. The van der Waals surface area contributed by atoms with E-state index in [4.69, 9.17) is 4.74 Å². The van der Waals surface area contributed by atoms with E-state index in [1.54, 1.807) is 0 Å². The molecule has 3 aromatic heterocycles. The van der Waals surface area contributed by atoms with Crippen LogP contribution in [0.15, 0.2) is 176 Å². The average molecular weight is 668 g/mol. The van der Waals surface area contributed by atoms with Crippen molar-refractivity contribution in [3.63, 3.8) is 0 Å². The Labute approximate surface area is 300 Å². The minimum absolute atomic E-state index is 0.445. The third-order valence-corrected chi connectivity index (χ3v) is 10.8. The quantitative estimate of drug-likeness (QED) is 0.184. The maximum atomic E-state index is 6.89. The number of aromatic nitrogens is 3. The summed E-state index contributed by atoms with van der Waals surface area (Å²) < 4.78 is 14.1. The standard InChI is InChI=1S/C48H33N3O/c1-7-21-41-35(15-1)36-16-2-8-22-42(36)49(41)33-14-13-29-52-48-32(27-28-33)30-34(50-43-23-9-3-17-37(43)38-18-4-10-24-44(38)50)31-47(48)51-45-25-11-5-19-39(45)40-20-6-12-26-46(40)51/h1-26,28,30-31H,27,29H2/b14-13-,33-28+. The highest BCUT2D eigenvalue weighted by atomic mass is 16.5. The summed E-state index contributed by atoms with van der Waals surface area (Å²) in [5.74, 6) is 0.903. The Morgan fingerprint density at radius 3 is 1.29 bits per heavy atom. The molecular weight excluding hydrogens is 635 g/mol. The van der Waals surface area contributed by atoms with Crippen LogP contribution in [0, 0.1) is 0 Å². The summed E-state index contributed by atoms with van der Waals surface area (Å²) in [6.45, 7) is 0.445. The molecule has 1 aliphatic heterocycles. The second-order valence-corrected chi connectivity index (χ2v) is 13.6. The van der Waals surface area contributed by atoms with Crippen molar-refractivity contribution in [2.75, 3.05) is 6.61 Å². The first kappa shape index (κ1) is 29.0. The van der Waals surface area contributed by atoms with Gasteiger partial charge < -0.3 is 18.4 Å². The minimum atomic E-state index is 0.445. The van der Waals surface area contributed by atoms with Crippen molar-refractivity contribution in [1.82, 2.24) is 13.7 Å². The van der Waals surface area contributed by atoms with Gasteiger partial charge in [-0.2, -0.15) is 0 Å². The lowest BCUT2D eigenvalue weighted by Crippen LogP contribution is -2.07. The Kier molecular flexibility index (Phi) is 6.34. The molecule has 0 N–H and O–H groups in total. The van der Waals surface area contributed by atoms with Crippen LogP contribution in [-0.4, -0.2) is 20.3 Å². The molecule has 1 aliphatic rings. The zero-order chi connectivity index (χ0) is 34.2. The molecule has 52 heavy (non-hydrogen) atoms. The van der Waals surface area contributed by atoms with E-state index in [1.807, 2.05) is 0 Å². The Hall–Kier alpha value is -6.78. The van der Waals surface area contributed by atoms with Gasteiger partial charge in [0.15, 0.2) is 0 Å². The van der Waals surface area contributed by atoms with Crippen LogP contribution in [0.4, 0.5) is 0 Å². The molecule has 0 saturated carbocycles. The molecule has 0 aliphatic carbocycles. The maximum Gasteiger partial charge on any atom is 0.147 e. The minimum Gasteiger partial charge on any atom is -0.487 e. The Balaban J connectivity index is 1.21. The molecule has 0 atom stereocenters. The highest BCUT2D eigenvalue weighted by Crippen LogP contribution is 2.41. The van der Waals surface area contributed by atoms with Crippen LogP contribution in [0.5, 0.6) is 5.75 Å². The molecule has 0 spiro atoms. The van der Waals surface area contributed by atoms with Gasteiger partial charge in [-0.1, -0.05) is 115 Å². The van der Waals surface area contributed by atoms with E-state index in [9.17, 15) is 0 Å². The molecule has 0 fully saturated rings.